The second-order valence-electron chi connectivity index (χ2n) is 6.72. The van der Waals surface area contributed by atoms with Crippen molar-refractivity contribution >= 4 is 27.6 Å². The summed E-state index contributed by atoms with van der Waals surface area (Å²) in [7, 11) is -3.49. The smallest absolute Gasteiger partial charge is 0.317 e. The third-order valence-electron chi connectivity index (χ3n) is 4.62. The maximum absolute atomic E-state index is 12.6. The number of likely N-dealkylation sites (N-methyl/N-ethyl adjacent to an activating group) is 1. The zero-order valence-electron chi connectivity index (χ0n) is 15.6. The highest BCUT2D eigenvalue weighted by Gasteiger charge is 2.35. The van der Waals surface area contributed by atoms with E-state index in [1.165, 1.54) is 0 Å². The second kappa shape index (κ2) is 9.18. The Morgan fingerprint density at radius 3 is 2.48 bits per heavy atom. The summed E-state index contributed by atoms with van der Waals surface area (Å²) in [6, 6.07) is 6.59. The van der Waals surface area contributed by atoms with Crippen molar-refractivity contribution in [3.8, 4) is 0 Å². The van der Waals surface area contributed by atoms with Crippen molar-refractivity contribution in [2.24, 2.45) is 0 Å². The van der Waals surface area contributed by atoms with Crippen LogP contribution >= 0.6 is 0 Å². The molecule has 0 aromatic heterocycles. The van der Waals surface area contributed by atoms with Gasteiger partial charge in [0, 0.05) is 12.1 Å². The van der Waals surface area contributed by atoms with Gasteiger partial charge in [0.05, 0.1) is 23.5 Å². The summed E-state index contributed by atoms with van der Waals surface area (Å²) in [6.45, 7) is 4.31. The van der Waals surface area contributed by atoms with Crippen LogP contribution < -0.4 is 10.0 Å². The number of amides is 1. The summed E-state index contributed by atoms with van der Waals surface area (Å²) < 4.78 is 26.5. The lowest BCUT2D eigenvalue weighted by atomic mass is 9.85. The number of carboxylic acid groups (broad SMARTS) is 1. The fourth-order valence-corrected chi connectivity index (χ4v) is 4.35. The van der Waals surface area contributed by atoms with Crippen molar-refractivity contribution in [1.29, 1.82) is 0 Å². The fraction of sp³-hybridized carbons (Fsp3) is 0.556. The van der Waals surface area contributed by atoms with Crippen LogP contribution in [0, 0.1) is 0 Å². The molecule has 2 rings (SSSR count). The Bertz CT molecular complexity index is 775. The van der Waals surface area contributed by atoms with Crippen LogP contribution in [-0.4, -0.2) is 61.2 Å². The molecule has 150 valence electrons. The van der Waals surface area contributed by atoms with Gasteiger partial charge in [0.1, 0.15) is 0 Å². The van der Waals surface area contributed by atoms with E-state index in [4.69, 9.17) is 5.11 Å². The zero-order valence-corrected chi connectivity index (χ0v) is 16.5. The first kappa shape index (κ1) is 21.2. The SMILES string of the molecule is CCCS(=O)(=O)Nc1ccccc1C(=O)NC1CC(N(CC)CC(=O)O)C1. The number of benzene rings is 1. The maximum atomic E-state index is 12.6. The van der Waals surface area contributed by atoms with E-state index < -0.39 is 16.0 Å². The van der Waals surface area contributed by atoms with Crippen LogP contribution in [0.5, 0.6) is 0 Å². The van der Waals surface area contributed by atoms with Gasteiger partial charge < -0.3 is 10.4 Å². The minimum atomic E-state index is -3.49. The minimum Gasteiger partial charge on any atom is -0.480 e. The Morgan fingerprint density at radius 1 is 1.22 bits per heavy atom. The van der Waals surface area contributed by atoms with Crippen LogP contribution in [0.3, 0.4) is 0 Å². The first-order valence-electron chi connectivity index (χ1n) is 9.12. The van der Waals surface area contributed by atoms with Crippen molar-refractivity contribution < 1.29 is 23.1 Å². The highest BCUT2D eigenvalue weighted by atomic mass is 32.2. The molecule has 1 saturated carbocycles. The Morgan fingerprint density at radius 2 is 1.89 bits per heavy atom. The molecule has 0 unspecified atom stereocenters. The number of nitrogens with one attached hydrogen (secondary N) is 2. The van der Waals surface area contributed by atoms with Crippen LogP contribution in [0.1, 0.15) is 43.5 Å². The summed E-state index contributed by atoms with van der Waals surface area (Å²) in [5.41, 5.74) is 0.541. The summed E-state index contributed by atoms with van der Waals surface area (Å²) in [5, 5.41) is 11.8. The van der Waals surface area contributed by atoms with E-state index in [0.29, 0.717) is 25.8 Å². The molecule has 27 heavy (non-hydrogen) atoms. The normalized spacial score (nSPS) is 19.4. The molecular weight excluding hydrogens is 370 g/mol. The molecule has 0 spiro atoms. The number of aliphatic carboxylic acids is 1. The van der Waals surface area contributed by atoms with E-state index in [1.54, 1.807) is 31.2 Å². The van der Waals surface area contributed by atoms with Gasteiger partial charge in [0.15, 0.2) is 0 Å². The van der Waals surface area contributed by atoms with Crippen molar-refractivity contribution in [1.82, 2.24) is 10.2 Å². The molecule has 1 aromatic rings. The second-order valence-corrected chi connectivity index (χ2v) is 8.56. The number of sulfonamides is 1. The van der Waals surface area contributed by atoms with E-state index in [1.807, 2.05) is 11.8 Å². The van der Waals surface area contributed by atoms with Gasteiger partial charge >= 0.3 is 5.97 Å². The Hall–Kier alpha value is -2.13. The molecule has 1 amide bonds. The molecule has 9 heteroatoms. The van der Waals surface area contributed by atoms with Gasteiger partial charge in [-0.25, -0.2) is 8.42 Å². The standard InChI is InChI=1S/C18H27N3O5S/c1-3-9-27(25,26)20-16-8-6-5-7-15(16)18(24)19-13-10-14(11-13)21(4-2)12-17(22)23/h5-8,13-14,20H,3-4,9-12H2,1-2H3,(H,19,24)(H,22,23). The van der Waals surface area contributed by atoms with E-state index >= 15 is 0 Å². The van der Waals surface area contributed by atoms with Gasteiger partial charge in [0.2, 0.25) is 10.0 Å². The lowest BCUT2D eigenvalue weighted by Crippen LogP contribution is -2.54. The van der Waals surface area contributed by atoms with Gasteiger partial charge in [-0.15, -0.1) is 0 Å². The summed E-state index contributed by atoms with van der Waals surface area (Å²) >= 11 is 0. The van der Waals surface area contributed by atoms with E-state index in [-0.39, 0.29) is 41.5 Å². The van der Waals surface area contributed by atoms with Gasteiger partial charge in [-0.2, -0.15) is 0 Å². The number of carboxylic acids is 1. The van der Waals surface area contributed by atoms with Crippen molar-refractivity contribution in [2.45, 2.75) is 45.2 Å². The Kier molecular flexibility index (Phi) is 7.20. The zero-order chi connectivity index (χ0) is 20.0. The Labute approximate surface area is 160 Å². The van der Waals surface area contributed by atoms with Crippen LogP contribution in [0.2, 0.25) is 0 Å². The number of hydrogen-bond donors (Lipinski definition) is 3. The predicted octanol–water partition coefficient (Wildman–Crippen LogP) is 1.51. The van der Waals surface area contributed by atoms with Gasteiger partial charge in [0.25, 0.3) is 5.91 Å². The van der Waals surface area contributed by atoms with E-state index in [2.05, 4.69) is 10.0 Å². The van der Waals surface area contributed by atoms with Gasteiger partial charge in [-0.3, -0.25) is 19.2 Å². The average Bonchev–Trinajstić information content (AvgIpc) is 2.55. The van der Waals surface area contributed by atoms with Crippen LogP contribution in [0.15, 0.2) is 24.3 Å². The van der Waals surface area contributed by atoms with Crippen molar-refractivity contribution in [3.05, 3.63) is 29.8 Å². The fourth-order valence-electron chi connectivity index (χ4n) is 3.20. The summed E-state index contributed by atoms with van der Waals surface area (Å²) in [5.74, 6) is -1.21. The number of para-hydroxylation sites is 1. The molecule has 0 atom stereocenters. The van der Waals surface area contributed by atoms with Crippen LogP contribution in [0.4, 0.5) is 5.69 Å². The third-order valence-corrected chi connectivity index (χ3v) is 6.10. The first-order valence-corrected chi connectivity index (χ1v) is 10.8. The molecular formula is C18H27N3O5S. The number of rotatable bonds is 10. The van der Waals surface area contributed by atoms with E-state index in [0.717, 1.165) is 0 Å². The number of hydrogen-bond acceptors (Lipinski definition) is 5. The minimum absolute atomic E-state index is 0.0100. The molecule has 1 aromatic carbocycles. The summed E-state index contributed by atoms with van der Waals surface area (Å²) in [4.78, 5) is 25.3. The van der Waals surface area contributed by atoms with Gasteiger partial charge in [-0.05, 0) is 37.9 Å². The monoisotopic (exact) mass is 397 g/mol. The largest absolute Gasteiger partial charge is 0.480 e. The molecule has 0 saturated heterocycles. The molecule has 1 fully saturated rings. The lowest BCUT2D eigenvalue weighted by Gasteiger charge is -2.42. The number of carbonyl (C=O) groups excluding carboxylic acids is 1. The third kappa shape index (κ3) is 5.93. The molecule has 0 heterocycles. The first-order chi connectivity index (χ1) is 12.8. The van der Waals surface area contributed by atoms with Gasteiger partial charge in [-0.1, -0.05) is 26.0 Å². The highest BCUT2D eigenvalue weighted by Crippen LogP contribution is 2.26. The molecule has 0 bridgehead atoms. The number of nitrogens with zero attached hydrogens (tertiary/aromatic N) is 1. The van der Waals surface area contributed by atoms with Crippen LogP contribution in [0.25, 0.3) is 0 Å². The lowest BCUT2D eigenvalue weighted by molar-refractivity contribution is -0.139. The van der Waals surface area contributed by atoms with Crippen molar-refractivity contribution in [3.63, 3.8) is 0 Å². The van der Waals surface area contributed by atoms with E-state index in [9.17, 15) is 18.0 Å². The average molecular weight is 397 g/mol. The molecule has 1 aliphatic rings. The Balaban J connectivity index is 1.97. The highest BCUT2D eigenvalue weighted by molar-refractivity contribution is 7.92. The molecule has 1 aliphatic carbocycles. The topological polar surface area (TPSA) is 116 Å². The van der Waals surface area contributed by atoms with Crippen molar-refractivity contribution in [2.75, 3.05) is 23.6 Å². The summed E-state index contributed by atoms with van der Waals surface area (Å²) in [6.07, 6.45) is 1.84. The quantitative estimate of drug-likeness (QED) is 0.551. The molecule has 8 nitrogen and oxygen atoms in total. The molecule has 0 radical (unpaired) electrons. The van der Waals surface area contributed by atoms with Crippen LogP contribution in [-0.2, 0) is 14.8 Å². The predicted molar refractivity (Wildman–Crippen MR) is 103 cm³/mol. The molecule has 3 N–H and O–H groups in total. The molecule has 0 aliphatic heterocycles. The maximum Gasteiger partial charge on any atom is 0.317 e. The number of anilines is 1. The number of carbonyl (C=O) groups is 2.